The Morgan fingerprint density at radius 1 is 1.32 bits per heavy atom. The Morgan fingerprint density at radius 2 is 2.07 bits per heavy atom. The van der Waals surface area contributed by atoms with Crippen LogP contribution in [-0.2, 0) is 30.7 Å². The summed E-state index contributed by atoms with van der Waals surface area (Å²) in [6.07, 6.45) is 3.05. The maximum Gasteiger partial charge on any atom is 0.263 e. The number of carbonyl (C=O) groups excluding carboxylic acids is 1. The minimum atomic E-state index is -0.0899. The smallest absolute Gasteiger partial charge is 0.263 e. The first-order valence-electron chi connectivity index (χ1n) is 9.73. The van der Waals surface area contributed by atoms with Gasteiger partial charge in [-0.1, -0.05) is 37.3 Å². The minimum Gasteiger partial charge on any atom is -0.340 e. The van der Waals surface area contributed by atoms with E-state index in [2.05, 4.69) is 11.9 Å². The molecule has 5 nitrogen and oxygen atoms in total. The summed E-state index contributed by atoms with van der Waals surface area (Å²) in [5, 5.41) is 0.732. The number of fused-ring (bicyclic) bond motifs is 3. The van der Waals surface area contributed by atoms with Crippen molar-refractivity contribution in [3.8, 4) is 0 Å². The summed E-state index contributed by atoms with van der Waals surface area (Å²) >= 11 is 1.65. The number of nitrogens with zero attached hydrogens (tertiary/aromatic N) is 3. The first-order valence-corrected chi connectivity index (χ1v) is 10.5. The van der Waals surface area contributed by atoms with Gasteiger partial charge in [-0.3, -0.25) is 14.2 Å². The second-order valence-electron chi connectivity index (χ2n) is 7.82. The fraction of sp³-hybridized carbons (Fsp3) is 0.409. The molecule has 0 aliphatic heterocycles. The first kappa shape index (κ1) is 18.9. The maximum atomic E-state index is 13.2. The molecule has 146 valence electrons. The molecule has 1 aliphatic rings. The van der Waals surface area contributed by atoms with Gasteiger partial charge in [-0.2, -0.15) is 0 Å². The molecule has 2 aromatic heterocycles. The van der Waals surface area contributed by atoms with Gasteiger partial charge in [-0.15, -0.1) is 11.3 Å². The lowest BCUT2D eigenvalue weighted by molar-refractivity contribution is -0.131. The molecule has 2 heterocycles. The van der Waals surface area contributed by atoms with E-state index in [1.54, 1.807) is 23.3 Å². The average Bonchev–Trinajstić information content (AvgIpc) is 3.02. The third-order valence-electron chi connectivity index (χ3n) is 5.59. The van der Waals surface area contributed by atoms with Crippen LogP contribution >= 0.6 is 11.3 Å². The molecule has 0 fully saturated rings. The van der Waals surface area contributed by atoms with E-state index in [-0.39, 0.29) is 18.0 Å². The highest BCUT2D eigenvalue weighted by Gasteiger charge is 2.24. The second-order valence-corrected chi connectivity index (χ2v) is 8.90. The van der Waals surface area contributed by atoms with Crippen molar-refractivity contribution in [3.63, 3.8) is 0 Å². The van der Waals surface area contributed by atoms with Crippen molar-refractivity contribution in [2.24, 2.45) is 5.92 Å². The molecule has 0 N–H and O–H groups in total. The maximum absolute atomic E-state index is 13.2. The number of hydrogen-bond donors (Lipinski definition) is 0. The highest BCUT2D eigenvalue weighted by Crippen LogP contribution is 2.35. The molecule has 6 heteroatoms. The molecule has 1 amide bonds. The third kappa shape index (κ3) is 3.49. The zero-order valence-corrected chi connectivity index (χ0v) is 17.4. The molecule has 0 radical (unpaired) electrons. The van der Waals surface area contributed by atoms with Crippen LogP contribution in [0, 0.1) is 12.8 Å². The molecule has 0 saturated heterocycles. The molecule has 3 aromatic rings. The highest BCUT2D eigenvalue weighted by molar-refractivity contribution is 7.18. The average molecular weight is 396 g/mol. The van der Waals surface area contributed by atoms with Gasteiger partial charge in [0.25, 0.3) is 5.56 Å². The van der Waals surface area contributed by atoms with Gasteiger partial charge in [0, 0.05) is 18.5 Å². The number of amides is 1. The van der Waals surface area contributed by atoms with Crippen molar-refractivity contribution >= 4 is 27.5 Å². The summed E-state index contributed by atoms with van der Waals surface area (Å²) < 4.78 is 1.54. The van der Waals surface area contributed by atoms with Gasteiger partial charge in [0.05, 0.1) is 5.39 Å². The lowest BCUT2D eigenvalue weighted by atomic mass is 9.89. The SMILES string of the molecule is Cc1nc2sc3c(c2c(=O)n1CC(=O)N(C)Cc1ccccc1)CCC(C)C3. The molecule has 1 unspecified atom stereocenters. The molecule has 0 spiro atoms. The van der Waals surface area contributed by atoms with Crippen molar-refractivity contribution in [1.82, 2.24) is 14.5 Å². The van der Waals surface area contributed by atoms with Crippen molar-refractivity contribution < 1.29 is 4.79 Å². The summed E-state index contributed by atoms with van der Waals surface area (Å²) in [4.78, 5) is 34.5. The van der Waals surface area contributed by atoms with E-state index in [0.29, 0.717) is 18.3 Å². The van der Waals surface area contributed by atoms with E-state index in [1.807, 2.05) is 37.3 Å². The fourth-order valence-corrected chi connectivity index (χ4v) is 5.33. The van der Waals surface area contributed by atoms with Gasteiger partial charge in [0.15, 0.2) is 0 Å². The monoisotopic (exact) mass is 395 g/mol. The second kappa shape index (κ2) is 7.51. The predicted molar refractivity (Wildman–Crippen MR) is 113 cm³/mol. The highest BCUT2D eigenvalue weighted by atomic mass is 32.1. The van der Waals surface area contributed by atoms with Gasteiger partial charge < -0.3 is 4.90 Å². The van der Waals surface area contributed by atoms with Gasteiger partial charge in [0.2, 0.25) is 5.91 Å². The zero-order chi connectivity index (χ0) is 19.8. The predicted octanol–water partition coefficient (Wildman–Crippen LogP) is 3.55. The topological polar surface area (TPSA) is 55.2 Å². The lowest BCUT2D eigenvalue weighted by Gasteiger charge is -2.19. The number of likely N-dealkylation sites (N-methyl/N-ethyl adjacent to an activating group) is 1. The quantitative estimate of drug-likeness (QED) is 0.679. The van der Waals surface area contributed by atoms with E-state index >= 15 is 0 Å². The van der Waals surface area contributed by atoms with Gasteiger partial charge in [-0.25, -0.2) is 4.98 Å². The minimum absolute atomic E-state index is 0.0258. The molecule has 1 atom stereocenters. The molecule has 4 rings (SSSR count). The van der Waals surface area contributed by atoms with Crippen LogP contribution in [0.15, 0.2) is 35.1 Å². The zero-order valence-electron chi connectivity index (χ0n) is 16.6. The molecular formula is C22H25N3O2S. The Kier molecular flexibility index (Phi) is 5.06. The summed E-state index contributed by atoms with van der Waals surface area (Å²) in [5.74, 6) is 1.16. The van der Waals surface area contributed by atoms with Crippen LogP contribution in [-0.4, -0.2) is 27.4 Å². The Hall–Kier alpha value is -2.47. The van der Waals surface area contributed by atoms with Crippen LogP contribution in [0.4, 0.5) is 0 Å². The molecule has 0 bridgehead atoms. The molecule has 28 heavy (non-hydrogen) atoms. The van der Waals surface area contributed by atoms with Crippen LogP contribution in [0.5, 0.6) is 0 Å². The van der Waals surface area contributed by atoms with E-state index in [1.165, 1.54) is 9.44 Å². The number of aromatic nitrogens is 2. The van der Waals surface area contributed by atoms with Crippen LogP contribution in [0.2, 0.25) is 0 Å². The van der Waals surface area contributed by atoms with Crippen molar-refractivity contribution in [1.29, 1.82) is 0 Å². The number of aryl methyl sites for hydroxylation is 2. The third-order valence-corrected chi connectivity index (χ3v) is 6.74. The van der Waals surface area contributed by atoms with E-state index < -0.39 is 0 Å². The number of hydrogen-bond acceptors (Lipinski definition) is 4. The Labute approximate surface area is 168 Å². The molecule has 0 saturated carbocycles. The summed E-state index contributed by atoms with van der Waals surface area (Å²) in [6.45, 7) is 4.62. The summed E-state index contributed by atoms with van der Waals surface area (Å²) in [7, 11) is 1.77. The van der Waals surface area contributed by atoms with Crippen LogP contribution in [0.25, 0.3) is 10.2 Å². The van der Waals surface area contributed by atoms with Gasteiger partial charge in [0.1, 0.15) is 17.2 Å². The Morgan fingerprint density at radius 3 is 2.82 bits per heavy atom. The Balaban J connectivity index is 1.63. The van der Waals surface area contributed by atoms with Crippen molar-refractivity contribution in [2.45, 2.75) is 46.2 Å². The molecule has 1 aliphatic carbocycles. The number of benzene rings is 1. The fourth-order valence-electron chi connectivity index (χ4n) is 3.91. The van der Waals surface area contributed by atoms with E-state index in [4.69, 9.17) is 0 Å². The lowest BCUT2D eigenvalue weighted by Crippen LogP contribution is -2.35. The van der Waals surface area contributed by atoms with Gasteiger partial charge in [-0.05, 0) is 43.2 Å². The van der Waals surface area contributed by atoms with Gasteiger partial charge >= 0.3 is 0 Å². The van der Waals surface area contributed by atoms with Crippen molar-refractivity contribution in [2.75, 3.05) is 7.05 Å². The summed E-state index contributed by atoms with van der Waals surface area (Å²) in [5.41, 5.74) is 2.16. The number of thiophene rings is 1. The van der Waals surface area contributed by atoms with Crippen LogP contribution < -0.4 is 5.56 Å². The number of carbonyl (C=O) groups is 1. The molecule has 1 aromatic carbocycles. The Bertz CT molecular complexity index is 1080. The summed E-state index contributed by atoms with van der Waals surface area (Å²) in [6, 6.07) is 9.86. The van der Waals surface area contributed by atoms with E-state index in [9.17, 15) is 9.59 Å². The normalized spacial score (nSPS) is 16.2. The standard InChI is InChI=1S/C22H25N3O2S/c1-14-9-10-17-18(11-14)28-21-20(17)22(27)25(15(2)23-21)13-19(26)24(3)12-16-7-5-4-6-8-16/h4-8,14H,9-13H2,1-3H3. The number of rotatable bonds is 4. The van der Waals surface area contributed by atoms with Crippen molar-refractivity contribution in [3.05, 3.63) is 62.5 Å². The van der Waals surface area contributed by atoms with E-state index in [0.717, 1.165) is 40.6 Å². The first-order chi connectivity index (χ1) is 13.4. The largest absolute Gasteiger partial charge is 0.340 e. The van der Waals surface area contributed by atoms with Crippen LogP contribution in [0.3, 0.4) is 0 Å². The van der Waals surface area contributed by atoms with Crippen LogP contribution in [0.1, 0.15) is 35.2 Å². The molecular weight excluding hydrogens is 370 g/mol.